The summed E-state index contributed by atoms with van der Waals surface area (Å²) in [7, 11) is 0. The van der Waals surface area contributed by atoms with E-state index in [4.69, 9.17) is 0 Å². The standard InChI is InChI=1S/C19H16Br2N2.ClH/c1-13-11-15(12-22-18-7-3-16(20)4-8-18)14(2)23(13)19-9-5-17(21)6-10-19;/h3-12H,1-2H3;1H. The fourth-order valence-corrected chi connectivity index (χ4v) is 3.11. The van der Waals surface area contributed by atoms with Gasteiger partial charge in [0.15, 0.2) is 0 Å². The smallest absolute Gasteiger partial charge is 0.0630 e. The first-order valence-corrected chi connectivity index (χ1v) is 8.88. The number of aryl methyl sites for hydroxylation is 1. The van der Waals surface area contributed by atoms with Crippen LogP contribution in [-0.2, 0) is 0 Å². The van der Waals surface area contributed by atoms with Crippen molar-refractivity contribution in [2.24, 2.45) is 4.99 Å². The number of nitrogens with zero attached hydrogens (tertiary/aromatic N) is 2. The molecule has 3 aromatic rings. The number of hydrogen-bond acceptors (Lipinski definition) is 1. The molecule has 0 bridgehead atoms. The van der Waals surface area contributed by atoms with Gasteiger partial charge in [-0.1, -0.05) is 31.9 Å². The second-order valence-corrected chi connectivity index (χ2v) is 7.20. The van der Waals surface area contributed by atoms with E-state index in [1.54, 1.807) is 0 Å². The molecule has 0 aliphatic heterocycles. The molecule has 5 heteroatoms. The summed E-state index contributed by atoms with van der Waals surface area (Å²) in [5, 5.41) is 0. The average Bonchev–Trinajstić information content (AvgIpc) is 2.82. The van der Waals surface area contributed by atoms with Gasteiger partial charge in [0.25, 0.3) is 0 Å². The molecule has 1 aromatic heterocycles. The van der Waals surface area contributed by atoms with Gasteiger partial charge in [-0.05, 0) is 68.4 Å². The van der Waals surface area contributed by atoms with Crippen LogP contribution in [0.2, 0.25) is 0 Å². The SMILES string of the molecule is Cc1cc(C=Nc2ccc(Br)cc2)c(C)n1-c1ccc(Br)cc1.Cl. The maximum atomic E-state index is 4.57. The van der Waals surface area contributed by atoms with Crippen LogP contribution in [0.3, 0.4) is 0 Å². The summed E-state index contributed by atoms with van der Waals surface area (Å²) in [4.78, 5) is 4.57. The van der Waals surface area contributed by atoms with Crippen LogP contribution in [0.25, 0.3) is 5.69 Å². The van der Waals surface area contributed by atoms with Crippen LogP contribution >= 0.6 is 44.3 Å². The van der Waals surface area contributed by atoms with E-state index in [0.717, 1.165) is 25.9 Å². The molecule has 0 aliphatic carbocycles. The molecule has 3 rings (SSSR count). The Kier molecular flexibility index (Phi) is 6.44. The molecule has 0 N–H and O–H groups in total. The van der Waals surface area contributed by atoms with E-state index in [2.05, 4.69) is 85.6 Å². The van der Waals surface area contributed by atoms with Crippen LogP contribution in [0.1, 0.15) is 17.0 Å². The van der Waals surface area contributed by atoms with Crippen LogP contribution < -0.4 is 0 Å². The lowest BCUT2D eigenvalue weighted by atomic mass is 10.2. The maximum absolute atomic E-state index is 4.57. The van der Waals surface area contributed by atoms with Gasteiger partial charge in [0, 0.05) is 37.8 Å². The lowest BCUT2D eigenvalue weighted by Gasteiger charge is -2.09. The molecule has 124 valence electrons. The van der Waals surface area contributed by atoms with E-state index in [0.29, 0.717) is 0 Å². The summed E-state index contributed by atoms with van der Waals surface area (Å²) >= 11 is 6.92. The third kappa shape index (κ3) is 4.18. The van der Waals surface area contributed by atoms with Gasteiger partial charge in [0.2, 0.25) is 0 Å². The van der Waals surface area contributed by atoms with Crippen molar-refractivity contribution in [3.8, 4) is 5.69 Å². The third-order valence-electron chi connectivity index (χ3n) is 3.73. The minimum Gasteiger partial charge on any atom is -0.318 e. The summed E-state index contributed by atoms with van der Waals surface area (Å²) in [5.41, 5.74) is 5.62. The maximum Gasteiger partial charge on any atom is 0.0630 e. The minimum absolute atomic E-state index is 0. The zero-order valence-electron chi connectivity index (χ0n) is 13.3. The van der Waals surface area contributed by atoms with Crippen molar-refractivity contribution in [1.29, 1.82) is 0 Å². The first kappa shape index (κ1) is 19.0. The lowest BCUT2D eigenvalue weighted by Crippen LogP contribution is -1.99. The molecule has 2 nitrogen and oxygen atoms in total. The average molecular weight is 469 g/mol. The summed E-state index contributed by atoms with van der Waals surface area (Å²) in [5.74, 6) is 0. The predicted octanol–water partition coefficient (Wildman–Crippen LogP) is 6.79. The summed E-state index contributed by atoms with van der Waals surface area (Å²) in [6.07, 6.45) is 1.93. The van der Waals surface area contributed by atoms with Gasteiger partial charge in [0.1, 0.15) is 0 Å². The number of rotatable bonds is 3. The highest BCUT2D eigenvalue weighted by Crippen LogP contribution is 2.22. The van der Waals surface area contributed by atoms with Crippen molar-refractivity contribution in [3.63, 3.8) is 0 Å². The normalized spacial score (nSPS) is 10.8. The molecule has 1 heterocycles. The van der Waals surface area contributed by atoms with Gasteiger partial charge in [-0.3, -0.25) is 4.99 Å². The topological polar surface area (TPSA) is 17.3 Å². The minimum atomic E-state index is 0. The molecule has 24 heavy (non-hydrogen) atoms. The fraction of sp³-hybridized carbons (Fsp3) is 0.105. The van der Waals surface area contributed by atoms with Gasteiger partial charge in [-0.25, -0.2) is 0 Å². The van der Waals surface area contributed by atoms with Crippen molar-refractivity contribution < 1.29 is 0 Å². The number of halogens is 3. The number of aliphatic imine (C=N–C) groups is 1. The number of hydrogen-bond donors (Lipinski definition) is 0. The van der Waals surface area contributed by atoms with Crippen LogP contribution in [-0.4, -0.2) is 10.8 Å². The second-order valence-electron chi connectivity index (χ2n) is 5.37. The molecule has 0 amide bonds. The molecule has 0 unspecified atom stereocenters. The molecular weight excluding hydrogens is 451 g/mol. The van der Waals surface area contributed by atoms with Gasteiger partial charge >= 0.3 is 0 Å². The summed E-state index contributed by atoms with van der Waals surface area (Å²) in [6.45, 7) is 4.24. The molecule has 0 atom stereocenters. The second kappa shape index (κ2) is 8.15. The van der Waals surface area contributed by atoms with Gasteiger partial charge in [-0.2, -0.15) is 0 Å². The third-order valence-corrected chi connectivity index (χ3v) is 4.79. The van der Waals surface area contributed by atoms with Gasteiger partial charge < -0.3 is 4.57 Å². The Morgan fingerprint density at radius 1 is 0.875 bits per heavy atom. The van der Waals surface area contributed by atoms with Crippen molar-refractivity contribution in [2.75, 3.05) is 0 Å². The van der Waals surface area contributed by atoms with Crippen LogP contribution in [0.5, 0.6) is 0 Å². The molecule has 0 radical (unpaired) electrons. The van der Waals surface area contributed by atoms with Crippen molar-refractivity contribution >= 4 is 56.2 Å². The van der Waals surface area contributed by atoms with E-state index in [-0.39, 0.29) is 12.4 Å². The van der Waals surface area contributed by atoms with E-state index in [9.17, 15) is 0 Å². The Morgan fingerprint density at radius 2 is 1.42 bits per heavy atom. The summed E-state index contributed by atoms with van der Waals surface area (Å²) < 4.78 is 4.39. The number of aromatic nitrogens is 1. The van der Waals surface area contributed by atoms with Crippen molar-refractivity contribution in [1.82, 2.24) is 4.57 Å². The highest BCUT2D eigenvalue weighted by molar-refractivity contribution is 9.10. The first-order chi connectivity index (χ1) is 11.0. The first-order valence-electron chi connectivity index (χ1n) is 7.29. The van der Waals surface area contributed by atoms with Gasteiger partial charge in [-0.15, -0.1) is 12.4 Å². The Labute approximate surface area is 165 Å². The van der Waals surface area contributed by atoms with Crippen LogP contribution in [0, 0.1) is 13.8 Å². The highest BCUT2D eigenvalue weighted by atomic mass is 79.9. The summed E-state index contributed by atoms with van der Waals surface area (Å²) in [6, 6.07) is 18.5. The van der Waals surface area contributed by atoms with Crippen LogP contribution in [0.15, 0.2) is 68.5 Å². The Morgan fingerprint density at radius 3 is 2.00 bits per heavy atom. The van der Waals surface area contributed by atoms with E-state index < -0.39 is 0 Å². The Balaban J connectivity index is 0.00000208. The van der Waals surface area contributed by atoms with E-state index in [1.807, 2.05) is 30.5 Å². The molecule has 0 saturated heterocycles. The Bertz CT molecular complexity index is 850. The monoisotopic (exact) mass is 466 g/mol. The number of benzene rings is 2. The van der Waals surface area contributed by atoms with Gasteiger partial charge in [0.05, 0.1) is 5.69 Å². The molecule has 0 saturated carbocycles. The zero-order chi connectivity index (χ0) is 16.4. The molecule has 0 aliphatic rings. The highest BCUT2D eigenvalue weighted by Gasteiger charge is 2.09. The molecule has 2 aromatic carbocycles. The van der Waals surface area contributed by atoms with Crippen molar-refractivity contribution in [2.45, 2.75) is 13.8 Å². The largest absolute Gasteiger partial charge is 0.318 e. The van der Waals surface area contributed by atoms with E-state index in [1.165, 1.54) is 11.4 Å². The fourth-order valence-electron chi connectivity index (χ4n) is 2.58. The molecular formula is C19H17Br2ClN2. The molecule has 0 fully saturated rings. The lowest BCUT2D eigenvalue weighted by molar-refractivity contribution is 0.964. The zero-order valence-corrected chi connectivity index (χ0v) is 17.3. The molecule has 0 spiro atoms. The Hall–Kier alpha value is -1.36. The van der Waals surface area contributed by atoms with Crippen molar-refractivity contribution in [3.05, 3.63) is 80.5 Å². The van der Waals surface area contributed by atoms with Crippen LogP contribution in [0.4, 0.5) is 5.69 Å². The predicted molar refractivity (Wildman–Crippen MR) is 112 cm³/mol. The quantitative estimate of drug-likeness (QED) is 0.377. The van der Waals surface area contributed by atoms with E-state index >= 15 is 0 Å².